The zero-order chi connectivity index (χ0) is 18.2. The molecule has 0 aromatic carbocycles. The van der Waals surface area contributed by atoms with Crippen molar-refractivity contribution >= 4 is 6.29 Å². The minimum absolute atomic E-state index is 0.198. The van der Waals surface area contributed by atoms with Gasteiger partial charge in [-0.3, -0.25) is 0 Å². The Kier molecular flexibility index (Phi) is 5.13. The quantitative estimate of drug-likeness (QED) is 0.650. The van der Waals surface area contributed by atoms with Crippen molar-refractivity contribution in [3.8, 4) is 0 Å². The molecule has 1 aliphatic heterocycles. The van der Waals surface area contributed by atoms with Crippen molar-refractivity contribution in [3.05, 3.63) is 23.3 Å². The molecule has 2 unspecified atom stereocenters. The third kappa shape index (κ3) is 3.22. The first-order valence-electron chi connectivity index (χ1n) is 10.7. The highest BCUT2D eigenvalue weighted by molar-refractivity contribution is 5.54. The Morgan fingerprint density at radius 3 is 2.46 bits per heavy atom. The molecule has 144 valence electrons. The molecule has 0 aromatic rings. The second kappa shape index (κ2) is 7.24. The molecule has 1 saturated heterocycles. The molecule has 4 atom stereocenters. The van der Waals surface area contributed by atoms with Gasteiger partial charge in [0.25, 0.3) is 0 Å². The second-order valence-corrected chi connectivity index (χ2v) is 9.27. The third-order valence-corrected chi connectivity index (χ3v) is 7.89. The fraction of sp³-hybridized carbons (Fsp3) is 0.783. The Morgan fingerprint density at radius 1 is 1.04 bits per heavy atom. The summed E-state index contributed by atoms with van der Waals surface area (Å²) in [6.07, 6.45) is 16.5. The van der Waals surface area contributed by atoms with Crippen LogP contribution in [0.2, 0.25) is 0 Å². The average Bonchev–Trinajstić information content (AvgIpc) is 3.25. The van der Waals surface area contributed by atoms with Gasteiger partial charge in [0.05, 0.1) is 13.2 Å². The van der Waals surface area contributed by atoms with E-state index in [0.717, 1.165) is 38.9 Å². The van der Waals surface area contributed by atoms with Gasteiger partial charge in [-0.2, -0.15) is 0 Å². The molecule has 4 aliphatic rings. The number of hydrogen-bond donors (Lipinski definition) is 0. The highest BCUT2D eigenvalue weighted by Gasteiger charge is 2.50. The maximum absolute atomic E-state index is 11.4. The van der Waals surface area contributed by atoms with E-state index < -0.39 is 0 Å². The summed E-state index contributed by atoms with van der Waals surface area (Å²) in [5, 5.41) is 0. The molecular weight excluding hydrogens is 324 g/mol. The molecule has 0 N–H and O–H groups in total. The van der Waals surface area contributed by atoms with Crippen LogP contribution in [-0.2, 0) is 14.3 Å². The van der Waals surface area contributed by atoms with Crippen LogP contribution < -0.4 is 0 Å². The molecule has 26 heavy (non-hydrogen) atoms. The summed E-state index contributed by atoms with van der Waals surface area (Å²) in [5.74, 6) is 1.17. The largest absolute Gasteiger partial charge is 0.348 e. The lowest BCUT2D eigenvalue weighted by molar-refractivity contribution is -0.171. The number of hydrogen-bond acceptors (Lipinski definition) is 3. The maximum Gasteiger partial charge on any atom is 0.169 e. The van der Waals surface area contributed by atoms with E-state index in [4.69, 9.17) is 9.47 Å². The van der Waals surface area contributed by atoms with Crippen molar-refractivity contribution in [2.24, 2.45) is 23.2 Å². The van der Waals surface area contributed by atoms with Crippen LogP contribution in [0.15, 0.2) is 23.3 Å². The lowest BCUT2D eigenvalue weighted by Crippen LogP contribution is -2.36. The van der Waals surface area contributed by atoms with Crippen molar-refractivity contribution in [2.45, 2.75) is 77.4 Å². The van der Waals surface area contributed by atoms with E-state index >= 15 is 0 Å². The topological polar surface area (TPSA) is 35.5 Å². The third-order valence-electron chi connectivity index (χ3n) is 7.89. The van der Waals surface area contributed by atoms with Gasteiger partial charge in [0.1, 0.15) is 6.29 Å². The normalized spacial score (nSPS) is 39.2. The van der Waals surface area contributed by atoms with Crippen LogP contribution in [0.3, 0.4) is 0 Å². The Bertz CT molecular complexity index is 587. The highest BCUT2D eigenvalue weighted by Crippen LogP contribution is 2.59. The first-order valence-corrected chi connectivity index (χ1v) is 10.7. The van der Waals surface area contributed by atoms with Gasteiger partial charge in [0.2, 0.25) is 0 Å². The molecule has 0 aromatic heterocycles. The molecule has 3 saturated carbocycles. The first-order chi connectivity index (χ1) is 12.6. The van der Waals surface area contributed by atoms with Crippen LogP contribution in [0.4, 0.5) is 0 Å². The van der Waals surface area contributed by atoms with E-state index in [1.807, 2.05) is 0 Å². The van der Waals surface area contributed by atoms with Gasteiger partial charge in [-0.1, -0.05) is 37.1 Å². The molecule has 0 bridgehead atoms. The van der Waals surface area contributed by atoms with Crippen LogP contribution in [-0.4, -0.2) is 25.3 Å². The summed E-state index contributed by atoms with van der Waals surface area (Å²) in [7, 11) is 0. The molecule has 4 fully saturated rings. The van der Waals surface area contributed by atoms with E-state index in [-0.39, 0.29) is 11.7 Å². The first kappa shape index (κ1) is 18.4. The fourth-order valence-electron chi connectivity index (χ4n) is 6.37. The fourth-order valence-corrected chi connectivity index (χ4v) is 6.37. The summed E-state index contributed by atoms with van der Waals surface area (Å²) in [5.41, 5.74) is 3.51. The summed E-state index contributed by atoms with van der Waals surface area (Å²) in [4.78, 5) is 11.4. The Morgan fingerprint density at radius 2 is 1.77 bits per heavy atom. The van der Waals surface area contributed by atoms with E-state index in [1.54, 1.807) is 11.1 Å². The Balaban J connectivity index is 1.45. The van der Waals surface area contributed by atoms with Crippen molar-refractivity contribution in [1.29, 1.82) is 0 Å². The summed E-state index contributed by atoms with van der Waals surface area (Å²) < 4.78 is 11.7. The van der Waals surface area contributed by atoms with E-state index in [1.165, 1.54) is 38.4 Å². The number of rotatable bonds is 3. The summed E-state index contributed by atoms with van der Waals surface area (Å²) in [6, 6.07) is 0. The van der Waals surface area contributed by atoms with Crippen LogP contribution >= 0.6 is 0 Å². The van der Waals surface area contributed by atoms with E-state index in [0.29, 0.717) is 17.3 Å². The van der Waals surface area contributed by atoms with E-state index in [2.05, 4.69) is 26.0 Å². The smallest absolute Gasteiger partial charge is 0.169 e. The molecule has 0 amide bonds. The highest BCUT2D eigenvalue weighted by atomic mass is 16.7. The summed E-state index contributed by atoms with van der Waals surface area (Å²) >= 11 is 0. The predicted octanol–water partition coefficient (Wildman–Crippen LogP) is 5.21. The van der Waals surface area contributed by atoms with Gasteiger partial charge in [-0.05, 0) is 62.2 Å². The van der Waals surface area contributed by atoms with Crippen molar-refractivity contribution in [2.75, 3.05) is 13.2 Å². The number of carbonyl (C=O) groups excluding carboxylic acids is 1. The molecular formula is C23H34O3. The van der Waals surface area contributed by atoms with Gasteiger partial charge in [0, 0.05) is 18.8 Å². The SMILES string of the molecule is C[C@H](C=O)C1CCC2/C(=C/C=C3CCC4(CC3)OCCO4)CCC[C@@]21C. The monoisotopic (exact) mass is 358 g/mol. The van der Waals surface area contributed by atoms with Gasteiger partial charge < -0.3 is 14.3 Å². The average molecular weight is 359 g/mol. The number of carbonyl (C=O) groups is 1. The molecule has 3 heteroatoms. The lowest BCUT2D eigenvalue weighted by Gasteiger charge is -2.43. The zero-order valence-electron chi connectivity index (χ0n) is 16.5. The molecule has 0 radical (unpaired) electrons. The second-order valence-electron chi connectivity index (χ2n) is 9.27. The van der Waals surface area contributed by atoms with E-state index in [9.17, 15) is 4.79 Å². The molecule has 4 rings (SSSR count). The standard InChI is InChI=1S/C23H34O3/c1-17(16-24)20-7-8-21-19(4-3-11-22(20,21)2)6-5-18-9-12-23(13-10-18)25-14-15-26-23/h5-6,16-17,20-21H,3-4,7-15H2,1-2H3/b19-6+/t17-,20?,21?,22-/m1/s1. The maximum atomic E-state index is 11.4. The number of ether oxygens (including phenoxy) is 2. The van der Waals surface area contributed by atoms with Gasteiger partial charge in [-0.25, -0.2) is 0 Å². The van der Waals surface area contributed by atoms with Crippen LogP contribution in [0.25, 0.3) is 0 Å². The molecule has 1 heterocycles. The van der Waals surface area contributed by atoms with Crippen LogP contribution in [0.1, 0.15) is 71.6 Å². The van der Waals surface area contributed by atoms with Crippen LogP contribution in [0, 0.1) is 23.2 Å². The zero-order valence-corrected chi connectivity index (χ0v) is 16.5. The van der Waals surface area contributed by atoms with Gasteiger partial charge in [-0.15, -0.1) is 0 Å². The van der Waals surface area contributed by atoms with Crippen molar-refractivity contribution < 1.29 is 14.3 Å². The number of fused-ring (bicyclic) bond motifs is 1. The Hall–Kier alpha value is -0.930. The predicted molar refractivity (Wildman–Crippen MR) is 103 cm³/mol. The van der Waals surface area contributed by atoms with Gasteiger partial charge >= 0.3 is 0 Å². The van der Waals surface area contributed by atoms with Crippen molar-refractivity contribution in [1.82, 2.24) is 0 Å². The van der Waals surface area contributed by atoms with Crippen molar-refractivity contribution in [3.63, 3.8) is 0 Å². The number of aldehydes is 1. The Labute approximate surface area is 158 Å². The lowest BCUT2D eigenvalue weighted by atomic mass is 9.61. The van der Waals surface area contributed by atoms with Crippen LogP contribution in [0.5, 0.6) is 0 Å². The summed E-state index contributed by atoms with van der Waals surface area (Å²) in [6.45, 7) is 6.08. The minimum atomic E-state index is -0.266. The molecule has 3 nitrogen and oxygen atoms in total. The van der Waals surface area contributed by atoms with Gasteiger partial charge in [0.15, 0.2) is 5.79 Å². The molecule has 3 aliphatic carbocycles. The number of allylic oxidation sites excluding steroid dienone is 4. The molecule has 1 spiro atoms. The minimum Gasteiger partial charge on any atom is -0.348 e.